The van der Waals surface area contributed by atoms with Crippen molar-refractivity contribution in [3.05, 3.63) is 33.9 Å². The molecule has 0 saturated carbocycles. The van der Waals surface area contributed by atoms with Crippen molar-refractivity contribution in [3.63, 3.8) is 0 Å². The Hall–Kier alpha value is -1.48. The van der Waals surface area contributed by atoms with Crippen LogP contribution in [0.2, 0.25) is 0 Å². The van der Waals surface area contributed by atoms with Crippen LogP contribution in [0, 0.1) is 11.3 Å². The molecule has 2 nitrogen and oxygen atoms in total. The standard InChI is InChI=1S/C11H6BrF3N2/c1-17-9-3-2-6(12)4-7(9)8(5-16)10(17)11(13,14)15/h2-4H,1H3. The third-order valence-corrected chi connectivity index (χ3v) is 3.04. The van der Waals surface area contributed by atoms with Gasteiger partial charge in [-0.15, -0.1) is 0 Å². The highest BCUT2D eigenvalue weighted by Crippen LogP contribution is 2.37. The van der Waals surface area contributed by atoms with Crippen molar-refractivity contribution in [1.82, 2.24) is 4.57 Å². The highest BCUT2D eigenvalue weighted by atomic mass is 79.9. The second-order valence-corrected chi connectivity index (χ2v) is 4.47. The Balaban J connectivity index is 2.96. The molecule has 0 aliphatic heterocycles. The first-order valence-corrected chi connectivity index (χ1v) is 5.40. The van der Waals surface area contributed by atoms with E-state index in [9.17, 15) is 13.2 Å². The molecule has 0 unspecified atom stereocenters. The molecule has 0 amide bonds. The van der Waals surface area contributed by atoms with Gasteiger partial charge < -0.3 is 4.57 Å². The third-order valence-electron chi connectivity index (χ3n) is 2.54. The Morgan fingerprint density at radius 3 is 2.53 bits per heavy atom. The zero-order valence-electron chi connectivity index (χ0n) is 8.64. The van der Waals surface area contributed by atoms with Gasteiger partial charge in [-0.25, -0.2) is 0 Å². The first-order chi connectivity index (χ1) is 7.86. The maximum absolute atomic E-state index is 12.9. The van der Waals surface area contributed by atoms with E-state index in [-0.39, 0.29) is 5.56 Å². The number of aromatic nitrogens is 1. The van der Waals surface area contributed by atoms with Gasteiger partial charge in [0.25, 0.3) is 0 Å². The first kappa shape index (κ1) is 12.0. The van der Waals surface area contributed by atoms with Crippen molar-refractivity contribution in [2.24, 2.45) is 7.05 Å². The lowest BCUT2D eigenvalue weighted by molar-refractivity contribution is -0.143. The highest BCUT2D eigenvalue weighted by Gasteiger charge is 2.38. The van der Waals surface area contributed by atoms with Crippen molar-refractivity contribution >= 4 is 26.8 Å². The fourth-order valence-electron chi connectivity index (χ4n) is 1.86. The molecular weight excluding hydrogens is 297 g/mol. The van der Waals surface area contributed by atoms with Gasteiger partial charge in [0.05, 0.1) is 5.56 Å². The van der Waals surface area contributed by atoms with Crippen LogP contribution in [0.5, 0.6) is 0 Å². The molecule has 0 saturated heterocycles. The monoisotopic (exact) mass is 302 g/mol. The topological polar surface area (TPSA) is 28.7 Å². The first-order valence-electron chi connectivity index (χ1n) is 4.61. The number of halogens is 4. The van der Waals surface area contributed by atoms with Crippen LogP contribution in [-0.2, 0) is 13.2 Å². The zero-order valence-corrected chi connectivity index (χ0v) is 10.2. The normalized spacial score (nSPS) is 11.8. The number of alkyl halides is 3. The predicted molar refractivity (Wildman–Crippen MR) is 60.3 cm³/mol. The maximum atomic E-state index is 12.9. The molecule has 88 valence electrons. The summed E-state index contributed by atoms with van der Waals surface area (Å²) in [6.07, 6.45) is -4.54. The summed E-state index contributed by atoms with van der Waals surface area (Å²) in [6, 6.07) is 6.34. The summed E-state index contributed by atoms with van der Waals surface area (Å²) >= 11 is 3.18. The van der Waals surface area contributed by atoms with Crippen molar-refractivity contribution in [3.8, 4) is 6.07 Å². The summed E-state index contributed by atoms with van der Waals surface area (Å²) in [5.74, 6) is 0. The van der Waals surface area contributed by atoms with Crippen LogP contribution in [0.25, 0.3) is 10.9 Å². The van der Waals surface area contributed by atoms with Crippen molar-refractivity contribution in [2.45, 2.75) is 6.18 Å². The van der Waals surface area contributed by atoms with Gasteiger partial charge in [0.15, 0.2) is 0 Å². The Bertz CT molecular complexity index is 635. The van der Waals surface area contributed by atoms with Crippen LogP contribution in [0.15, 0.2) is 22.7 Å². The quantitative estimate of drug-likeness (QED) is 0.727. The number of benzene rings is 1. The summed E-state index contributed by atoms with van der Waals surface area (Å²) in [4.78, 5) is 0. The molecule has 1 aromatic carbocycles. The van der Waals surface area contributed by atoms with E-state index in [1.165, 1.54) is 13.1 Å². The number of fused-ring (bicyclic) bond motifs is 1. The summed E-state index contributed by atoms with van der Waals surface area (Å²) in [5.41, 5.74) is -0.860. The van der Waals surface area contributed by atoms with Crippen LogP contribution in [0.4, 0.5) is 13.2 Å². The van der Waals surface area contributed by atoms with Gasteiger partial charge in [-0.2, -0.15) is 18.4 Å². The molecule has 0 spiro atoms. The minimum atomic E-state index is -4.54. The second-order valence-electron chi connectivity index (χ2n) is 3.55. The molecule has 2 rings (SSSR count). The molecule has 0 radical (unpaired) electrons. The lowest BCUT2D eigenvalue weighted by Crippen LogP contribution is -2.12. The van der Waals surface area contributed by atoms with E-state index in [1.807, 2.05) is 0 Å². The number of hydrogen-bond donors (Lipinski definition) is 0. The molecule has 2 aromatic rings. The summed E-state index contributed by atoms with van der Waals surface area (Å²) in [7, 11) is 1.31. The third kappa shape index (κ3) is 1.80. The number of aryl methyl sites for hydroxylation is 1. The van der Waals surface area contributed by atoms with Crippen molar-refractivity contribution in [2.75, 3.05) is 0 Å². The van der Waals surface area contributed by atoms with Crippen LogP contribution in [0.3, 0.4) is 0 Å². The molecule has 1 aromatic heterocycles. The van der Waals surface area contributed by atoms with Gasteiger partial charge in [0.2, 0.25) is 0 Å². The largest absolute Gasteiger partial charge is 0.432 e. The van der Waals surface area contributed by atoms with Crippen LogP contribution < -0.4 is 0 Å². The lowest BCUT2D eigenvalue weighted by atomic mass is 10.1. The van der Waals surface area contributed by atoms with E-state index >= 15 is 0 Å². The number of nitrogens with zero attached hydrogens (tertiary/aromatic N) is 2. The molecule has 1 heterocycles. The zero-order chi connectivity index (χ0) is 12.8. The van der Waals surface area contributed by atoms with E-state index < -0.39 is 11.9 Å². The SMILES string of the molecule is Cn1c(C(F)(F)F)c(C#N)c2cc(Br)ccc21. The highest BCUT2D eigenvalue weighted by molar-refractivity contribution is 9.10. The maximum Gasteiger partial charge on any atom is 0.432 e. The van der Waals surface area contributed by atoms with Crippen molar-refractivity contribution in [1.29, 1.82) is 5.26 Å². The van der Waals surface area contributed by atoms with E-state index in [2.05, 4.69) is 15.9 Å². The Kier molecular flexibility index (Phi) is 2.66. The van der Waals surface area contributed by atoms with Crippen molar-refractivity contribution < 1.29 is 13.2 Å². The van der Waals surface area contributed by atoms with E-state index in [0.717, 1.165) is 4.57 Å². The Morgan fingerprint density at radius 1 is 1.35 bits per heavy atom. The molecular formula is C11H6BrF3N2. The van der Waals surface area contributed by atoms with Crippen LogP contribution >= 0.6 is 15.9 Å². The smallest absolute Gasteiger partial charge is 0.339 e. The molecule has 0 bridgehead atoms. The average Bonchev–Trinajstić information content (AvgIpc) is 2.50. The molecule has 17 heavy (non-hydrogen) atoms. The summed E-state index contributed by atoms with van der Waals surface area (Å²) in [5, 5.41) is 9.21. The Labute approximate surface area is 103 Å². The van der Waals surface area contributed by atoms with Crippen LogP contribution in [0.1, 0.15) is 11.3 Å². The van der Waals surface area contributed by atoms with E-state index in [0.29, 0.717) is 15.4 Å². The van der Waals surface area contributed by atoms with Gasteiger partial charge in [-0.1, -0.05) is 15.9 Å². The average molecular weight is 303 g/mol. The van der Waals surface area contributed by atoms with Gasteiger partial charge >= 0.3 is 6.18 Å². The van der Waals surface area contributed by atoms with E-state index in [4.69, 9.17) is 5.26 Å². The molecule has 0 aliphatic rings. The molecule has 6 heteroatoms. The number of nitriles is 1. The van der Waals surface area contributed by atoms with Gasteiger partial charge in [0.1, 0.15) is 11.8 Å². The number of hydrogen-bond acceptors (Lipinski definition) is 1. The predicted octanol–water partition coefficient (Wildman–Crippen LogP) is 3.83. The van der Waals surface area contributed by atoms with Gasteiger partial charge in [-0.3, -0.25) is 0 Å². The fourth-order valence-corrected chi connectivity index (χ4v) is 2.22. The minimum Gasteiger partial charge on any atom is -0.339 e. The number of rotatable bonds is 0. The molecule has 0 atom stereocenters. The molecule has 0 aliphatic carbocycles. The summed E-state index contributed by atoms with van der Waals surface area (Å²) < 4.78 is 40.2. The lowest BCUT2D eigenvalue weighted by Gasteiger charge is -2.08. The fraction of sp³-hybridized carbons (Fsp3) is 0.182. The molecule has 0 fully saturated rings. The van der Waals surface area contributed by atoms with Crippen LogP contribution in [-0.4, -0.2) is 4.57 Å². The Morgan fingerprint density at radius 2 is 2.00 bits per heavy atom. The van der Waals surface area contributed by atoms with Gasteiger partial charge in [0, 0.05) is 22.4 Å². The van der Waals surface area contributed by atoms with Gasteiger partial charge in [-0.05, 0) is 18.2 Å². The minimum absolute atomic E-state index is 0.303. The summed E-state index contributed by atoms with van der Waals surface area (Å²) in [6.45, 7) is 0. The second kappa shape index (κ2) is 3.77. The molecule has 0 N–H and O–H groups in total. The van der Waals surface area contributed by atoms with E-state index in [1.54, 1.807) is 18.2 Å².